The van der Waals surface area contributed by atoms with Gasteiger partial charge < -0.3 is 4.74 Å². The van der Waals surface area contributed by atoms with Crippen LogP contribution in [-0.2, 0) is 0 Å². The number of methoxy groups -OCH3 is 1. The van der Waals surface area contributed by atoms with E-state index < -0.39 is 0 Å². The largest absolute Gasteiger partial charge is 0.508 e. The summed E-state index contributed by atoms with van der Waals surface area (Å²) in [6, 6.07) is 1.51. The maximum absolute atomic E-state index is 6.72. The standard InChI is InChI=1S/C7H5ClN2O/c1-9-5-4-10-7(8)3-6(5)11-2/h3-4H,2H3. The average Bonchev–Trinajstić information content (AvgIpc) is 2.04. The van der Waals surface area contributed by atoms with Crippen LogP contribution in [0, 0.1) is 6.57 Å². The van der Waals surface area contributed by atoms with Crippen molar-refractivity contribution in [1.82, 2.24) is 4.98 Å². The Morgan fingerprint density at radius 2 is 2.45 bits per heavy atom. The Hall–Kier alpha value is -1.27. The van der Waals surface area contributed by atoms with E-state index in [1.165, 1.54) is 19.4 Å². The van der Waals surface area contributed by atoms with Gasteiger partial charge in [0.1, 0.15) is 10.9 Å². The fourth-order valence-electron chi connectivity index (χ4n) is 0.653. The lowest BCUT2D eigenvalue weighted by Crippen LogP contribution is -1.83. The Balaban J connectivity index is 3.19. The molecule has 0 fully saturated rings. The summed E-state index contributed by atoms with van der Waals surface area (Å²) in [4.78, 5) is 6.92. The second-order valence-corrected chi connectivity index (χ2v) is 2.18. The molecule has 0 aliphatic heterocycles. The molecule has 3 nitrogen and oxygen atoms in total. The third kappa shape index (κ3) is 1.60. The zero-order chi connectivity index (χ0) is 8.27. The molecule has 0 spiro atoms. The van der Waals surface area contributed by atoms with Gasteiger partial charge in [-0.2, -0.15) is 0 Å². The minimum atomic E-state index is 0.328. The van der Waals surface area contributed by atoms with Gasteiger partial charge in [0.05, 0.1) is 13.7 Å². The predicted octanol–water partition coefficient (Wildman–Crippen LogP) is 2.29. The molecule has 1 rings (SSSR count). The fraction of sp³-hybridized carbons (Fsp3) is 0.143. The molecule has 0 saturated carbocycles. The molecule has 56 valence electrons. The first-order valence-corrected chi connectivity index (χ1v) is 3.22. The first-order valence-electron chi connectivity index (χ1n) is 2.85. The number of ether oxygens (including phenoxy) is 1. The molecule has 0 amide bonds. The van der Waals surface area contributed by atoms with Crippen molar-refractivity contribution in [3.05, 3.63) is 28.8 Å². The first-order chi connectivity index (χ1) is 5.27. The van der Waals surface area contributed by atoms with Crippen molar-refractivity contribution < 1.29 is 4.74 Å². The summed E-state index contributed by atoms with van der Waals surface area (Å²) in [6.07, 6.45) is 1.38. The van der Waals surface area contributed by atoms with Gasteiger partial charge in [-0.05, 0) is 0 Å². The number of nitrogens with zero attached hydrogens (tertiary/aromatic N) is 2. The number of hydrogen-bond acceptors (Lipinski definition) is 2. The van der Waals surface area contributed by atoms with Crippen molar-refractivity contribution in [2.45, 2.75) is 0 Å². The number of aromatic nitrogens is 1. The molecule has 0 unspecified atom stereocenters. The predicted molar refractivity (Wildman–Crippen MR) is 42.1 cm³/mol. The van der Waals surface area contributed by atoms with E-state index in [0.29, 0.717) is 16.6 Å². The second-order valence-electron chi connectivity index (χ2n) is 1.79. The van der Waals surface area contributed by atoms with Gasteiger partial charge in [-0.1, -0.05) is 11.6 Å². The Labute approximate surface area is 69.4 Å². The molecular formula is C7H5ClN2O. The van der Waals surface area contributed by atoms with Gasteiger partial charge in [0, 0.05) is 12.3 Å². The smallest absolute Gasteiger partial charge is 0.246 e. The van der Waals surface area contributed by atoms with E-state index in [0.717, 1.165) is 0 Å². The number of hydrogen-bond donors (Lipinski definition) is 0. The van der Waals surface area contributed by atoms with Gasteiger partial charge >= 0.3 is 0 Å². The van der Waals surface area contributed by atoms with E-state index in [2.05, 4.69) is 9.83 Å². The van der Waals surface area contributed by atoms with Crippen LogP contribution in [0.4, 0.5) is 5.69 Å². The van der Waals surface area contributed by atoms with Gasteiger partial charge in [-0.25, -0.2) is 4.85 Å². The highest BCUT2D eigenvalue weighted by molar-refractivity contribution is 6.29. The highest BCUT2D eigenvalue weighted by atomic mass is 35.5. The van der Waals surface area contributed by atoms with E-state index in [1.807, 2.05) is 0 Å². The minimum Gasteiger partial charge on any atom is -0.508 e. The van der Waals surface area contributed by atoms with Crippen LogP contribution in [0.15, 0.2) is 12.3 Å². The molecule has 0 N–H and O–H groups in total. The molecule has 0 saturated heterocycles. The fourth-order valence-corrected chi connectivity index (χ4v) is 0.801. The van der Waals surface area contributed by atoms with Crippen LogP contribution < -0.4 is 4.74 Å². The molecule has 1 aromatic rings. The van der Waals surface area contributed by atoms with Crippen molar-refractivity contribution in [2.75, 3.05) is 7.11 Å². The quantitative estimate of drug-likeness (QED) is 0.475. The van der Waals surface area contributed by atoms with Crippen molar-refractivity contribution in [3.8, 4) is 5.75 Å². The summed E-state index contributed by atoms with van der Waals surface area (Å²) in [7, 11) is 1.49. The van der Waals surface area contributed by atoms with Crippen LogP contribution in [0.2, 0.25) is 5.15 Å². The van der Waals surface area contributed by atoms with E-state index in [-0.39, 0.29) is 0 Å². The number of pyridine rings is 1. The molecule has 4 heteroatoms. The molecule has 0 aliphatic rings. The summed E-state index contributed by atoms with van der Waals surface area (Å²) in [6.45, 7) is 6.72. The minimum absolute atomic E-state index is 0.328. The van der Waals surface area contributed by atoms with Crippen molar-refractivity contribution in [2.24, 2.45) is 0 Å². The zero-order valence-electron chi connectivity index (χ0n) is 5.84. The SMILES string of the molecule is [C-]#[N+]c1cnc(Cl)cc1OC. The summed E-state index contributed by atoms with van der Waals surface area (Å²) in [5.74, 6) is 0.458. The first kappa shape index (κ1) is 7.83. The third-order valence-electron chi connectivity index (χ3n) is 1.15. The Morgan fingerprint density at radius 3 is 3.00 bits per heavy atom. The molecule has 0 radical (unpaired) electrons. The lowest BCUT2D eigenvalue weighted by molar-refractivity contribution is 0.417. The molecule has 0 aromatic carbocycles. The normalized spacial score (nSPS) is 8.82. The van der Waals surface area contributed by atoms with E-state index >= 15 is 0 Å². The number of rotatable bonds is 1. The van der Waals surface area contributed by atoms with Gasteiger partial charge in [0.15, 0.2) is 0 Å². The van der Waals surface area contributed by atoms with E-state index in [9.17, 15) is 0 Å². The molecule has 1 aromatic heterocycles. The monoisotopic (exact) mass is 168 g/mol. The third-order valence-corrected chi connectivity index (χ3v) is 1.36. The molecule has 1 heterocycles. The van der Waals surface area contributed by atoms with Crippen LogP contribution in [0.3, 0.4) is 0 Å². The number of halogens is 1. The van der Waals surface area contributed by atoms with Gasteiger partial charge in [-0.3, -0.25) is 4.98 Å². The maximum atomic E-state index is 6.72. The highest BCUT2D eigenvalue weighted by Gasteiger charge is 2.02. The zero-order valence-corrected chi connectivity index (χ0v) is 6.59. The highest BCUT2D eigenvalue weighted by Crippen LogP contribution is 2.27. The van der Waals surface area contributed by atoms with Gasteiger partial charge in [0.2, 0.25) is 5.69 Å². The van der Waals surface area contributed by atoms with Crippen molar-refractivity contribution in [1.29, 1.82) is 0 Å². The molecule has 0 atom stereocenters. The van der Waals surface area contributed by atoms with E-state index in [1.54, 1.807) is 0 Å². The van der Waals surface area contributed by atoms with Crippen LogP contribution >= 0.6 is 11.6 Å². The van der Waals surface area contributed by atoms with Gasteiger partial charge in [0.25, 0.3) is 0 Å². The summed E-state index contributed by atoms with van der Waals surface area (Å²) in [5.41, 5.74) is 0.372. The maximum Gasteiger partial charge on any atom is 0.246 e. The molecule has 11 heavy (non-hydrogen) atoms. The summed E-state index contributed by atoms with van der Waals surface area (Å²) >= 11 is 5.56. The Kier molecular flexibility index (Phi) is 2.29. The lowest BCUT2D eigenvalue weighted by atomic mass is 10.4. The summed E-state index contributed by atoms with van der Waals surface area (Å²) in [5, 5.41) is 0.328. The van der Waals surface area contributed by atoms with Crippen molar-refractivity contribution >= 4 is 17.3 Å². The van der Waals surface area contributed by atoms with Crippen LogP contribution in [-0.4, -0.2) is 12.1 Å². The van der Waals surface area contributed by atoms with Crippen LogP contribution in [0.25, 0.3) is 4.85 Å². The topological polar surface area (TPSA) is 26.5 Å². The molecule has 0 aliphatic carbocycles. The molecule has 0 bridgehead atoms. The Bertz CT molecular complexity index is 306. The Morgan fingerprint density at radius 1 is 1.73 bits per heavy atom. The average molecular weight is 169 g/mol. The van der Waals surface area contributed by atoms with Crippen LogP contribution in [0.5, 0.6) is 5.75 Å². The van der Waals surface area contributed by atoms with Crippen LogP contribution in [0.1, 0.15) is 0 Å². The van der Waals surface area contributed by atoms with Gasteiger partial charge in [-0.15, -0.1) is 0 Å². The van der Waals surface area contributed by atoms with Crippen molar-refractivity contribution in [3.63, 3.8) is 0 Å². The second kappa shape index (κ2) is 3.22. The van der Waals surface area contributed by atoms with E-state index in [4.69, 9.17) is 22.9 Å². The molecular weight excluding hydrogens is 164 g/mol. The summed E-state index contributed by atoms with van der Waals surface area (Å²) < 4.78 is 4.88. The lowest BCUT2D eigenvalue weighted by Gasteiger charge is -2.00.